The lowest BCUT2D eigenvalue weighted by Gasteiger charge is -2.38. The van der Waals surface area contributed by atoms with Crippen molar-refractivity contribution >= 4 is 10.0 Å². The van der Waals surface area contributed by atoms with Gasteiger partial charge in [0.05, 0.1) is 78.9 Å². The Morgan fingerprint density at radius 2 is 0.900 bits per heavy atom. The first kappa shape index (κ1) is 59.1. The normalized spacial score (nSPS) is 30.7. The van der Waals surface area contributed by atoms with Crippen molar-refractivity contribution in [3.63, 3.8) is 0 Å². The molecule has 13 atom stereocenters. The Hall–Kier alpha value is -3.47. The number of likely N-dealkylation sites (tertiary alicyclic amines) is 2. The fourth-order valence-corrected chi connectivity index (χ4v) is 9.31. The van der Waals surface area contributed by atoms with Crippen molar-refractivity contribution in [2.24, 2.45) is 23.7 Å². The molecule has 0 amide bonds. The van der Waals surface area contributed by atoms with Gasteiger partial charge in [0.25, 0.3) is 0 Å². The number of rotatable bonds is 10. The zero-order valence-electron chi connectivity index (χ0n) is 38.4. The average molecular weight is 1030 g/mol. The number of nitrogens with one attached hydrogen (secondary N) is 1. The molecule has 4 fully saturated rings. The van der Waals surface area contributed by atoms with Crippen LogP contribution in [0.5, 0.6) is 0 Å². The number of aliphatic hydroxyl groups excluding tert-OH is 9. The molecule has 0 saturated carbocycles. The lowest BCUT2D eigenvalue weighted by atomic mass is 9.86. The molecule has 3 aromatic rings. The van der Waals surface area contributed by atoms with E-state index in [2.05, 4.69) is 5.32 Å². The number of hydrogen-bond donors (Lipinski definition) is 10. The van der Waals surface area contributed by atoms with E-state index in [4.69, 9.17) is 0 Å². The number of piperidine rings is 4. The lowest BCUT2D eigenvalue weighted by molar-refractivity contribution is -0.118. The van der Waals surface area contributed by atoms with Crippen molar-refractivity contribution in [3.05, 3.63) is 107 Å². The highest BCUT2D eigenvalue weighted by atomic mass is 32.2. The Morgan fingerprint density at radius 1 is 0.529 bits per heavy atom. The second-order valence-electron chi connectivity index (χ2n) is 18.1. The van der Waals surface area contributed by atoms with Gasteiger partial charge in [-0.2, -0.15) is 4.31 Å². The molecule has 0 radical (unpaired) electrons. The van der Waals surface area contributed by atoms with Gasteiger partial charge in [-0.1, -0.05) is 54.1 Å². The van der Waals surface area contributed by atoms with Crippen LogP contribution in [0.15, 0.2) is 72.8 Å². The summed E-state index contributed by atoms with van der Waals surface area (Å²) in [5.41, 5.74) is 3.47. The first-order valence-electron chi connectivity index (χ1n) is 22.4. The fourth-order valence-electron chi connectivity index (χ4n) is 8.44. The highest BCUT2D eigenvalue weighted by Gasteiger charge is 2.43. The molecule has 0 spiro atoms. The van der Waals surface area contributed by atoms with Crippen molar-refractivity contribution in [2.45, 2.75) is 94.2 Å². The van der Waals surface area contributed by atoms with Crippen LogP contribution in [0.1, 0.15) is 28.4 Å². The zero-order chi connectivity index (χ0) is 52.2. The maximum atomic E-state index is 12.8. The summed E-state index contributed by atoms with van der Waals surface area (Å²) >= 11 is 0. The Labute approximate surface area is 401 Å². The quantitative estimate of drug-likeness (QED) is 0.129. The molecule has 3 aromatic carbocycles. The van der Waals surface area contributed by atoms with Crippen LogP contribution in [-0.4, -0.2) is 195 Å². The summed E-state index contributed by atoms with van der Waals surface area (Å²) in [5.74, 6) is -5.21. The molecule has 0 bridgehead atoms. The molecular formula is C46H64F8N4O11S. The SMILES string of the molecule is CS(=O)(=O)N1C[C@@H](O)[C@H](O)[C@@H](C(F)F)C1.Cc1ccc(CN2C[C@@H](O)[C@H](O)[C@@H](C(F)F)C2)cc1.OC(c1ccc(F)cc1)C1CNC[C@@H](O)[C@@H]1O.O[C@H]1[C@H](O)CN(Cc2ccc(F)cc2)C[C@@H]1C(F)F. The van der Waals surface area contributed by atoms with E-state index < -0.39 is 114 Å². The topological polar surface area (TPSA) is 238 Å². The predicted molar refractivity (Wildman–Crippen MR) is 239 cm³/mol. The molecular weight excluding hydrogens is 969 g/mol. The van der Waals surface area contributed by atoms with Crippen molar-refractivity contribution in [2.75, 3.05) is 58.6 Å². The van der Waals surface area contributed by atoms with Gasteiger partial charge in [-0.25, -0.2) is 43.5 Å². The van der Waals surface area contributed by atoms with Crippen LogP contribution in [0.4, 0.5) is 35.1 Å². The molecule has 2 unspecified atom stereocenters. The maximum Gasteiger partial charge on any atom is 0.245 e. The Bertz CT molecular complexity index is 2030. The van der Waals surface area contributed by atoms with E-state index in [9.17, 15) is 89.5 Å². The monoisotopic (exact) mass is 1030 g/mol. The van der Waals surface area contributed by atoms with Gasteiger partial charge in [0.15, 0.2) is 0 Å². The number of benzene rings is 3. The summed E-state index contributed by atoms with van der Waals surface area (Å²) in [6.07, 6.45) is -18.2. The molecule has 15 nitrogen and oxygen atoms in total. The van der Waals surface area contributed by atoms with Gasteiger partial charge in [0.2, 0.25) is 29.3 Å². The van der Waals surface area contributed by atoms with E-state index in [0.29, 0.717) is 31.7 Å². The van der Waals surface area contributed by atoms with Gasteiger partial charge in [-0.3, -0.25) is 9.80 Å². The van der Waals surface area contributed by atoms with Gasteiger partial charge < -0.3 is 51.3 Å². The van der Waals surface area contributed by atoms with E-state index in [0.717, 1.165) is 27.3 Å². The average Bonchev–Trinajstić information content (AvgIpc) is 3.29. The third-order valence-corrected chi connectivity index (χ3v) is 13.8. The number of hydrogen-bond acceptors (Lipinski definition) is 14. The van der Waals surface area contributed by atoms with Gasteiger partial charge in [0, 0.05) is 71.4 Å². The largest absolute Gasteiger partial charge is 0.390 e. The molecule has 4 heterocycles. The van der Waals surface area contributed by atoms with Gasteiger partial charge in [0.1, 0.15) is 11.6 Å². The number of sulfonamides is 1. The minimum absolute atomic E-state index is 0.00721. The summed E-state index contributed by atoms with van der Waals surface area (Å²) in [4.78, 5) is 3.40. The molecule has 4 aliphatic heterocycles. The van der Waals surface area contributed by atoms with Crippen molar-refractivity contribution in [3.8, 4) is 0 Å². The van der Waals surface area contributed by atoms with Crippen LogP contribution in [0, 0.1) is 42.2 Å². The van der Waals surface area contributed by atoms with Gasteiger partial charge in [-0.05, 0) is 47.9 Å². The number of aliphatic hydroxyl groups is 9. The number of halogens is 8. The third kappa shape index (κ3) is 17.3. The van der Waals surface area contributed by atoms with E-state index >= 15 is 0 Å². The number of nitrogens with zero attached hydrogens (tertiary/aromatic N) is 3. The maximum absolute atomic E-state index is 12.8. The summed E-state index contributed by atoms with van der Waals surface area (Å²) in [6.45, 7) is 3.21. The second kappa shape index (κ2) is 27.0. The Kier molecular flexibility index (Phi) is 22.8. The van der Waals surface area contributed by atoms with E-state index in [1.54, 1.807) is 21.9 Å². The number of β-amino-alcohol motifs (C(OH)–C–C–N with tert-alkyl or cyclic N) is 4. The Morgan fingerprint density at radius 3 is 1.31 bits per heavy atom. The number of aryl methyl sites for hydroxylation is 1. The molecule has 10 N–H and O–H groups in total. The minimum atomic E-state index is -3.62. The van der Waals surface area contributed by atoms with Crippen molar-refractivity contribution < 1.29 is 89.5 Å². The van der Waals surface area contributed by atoms with E-state index in [1.807, 2.05) is 31.2 Å². The third-order valence-electron chi connectivity index (χ3n) is 12.6. The summed E-state index contributed by atoms with van der Waals surface area (Å²) in [5, 5.41) is 89.2. The van der Waals surface area contributed by atoms with Crippen molar-refractivity contribution in [1.82, 2.24) is 19.4 Å². The Balaban J connectivity index is 0.000000204. The van der Waals surface area contributed by atoms with Crippen molar-refractivity contribution in [1.29, 1.82) is 0 Å². The van der Waals surface area contributed by atoms with Gasteiger partial charge >= 0.3 is 0 Å². The second-order valence-corrected chi connectivity index (χ2v) is 20.1. The van der Waals surface area contributed by atoms with E-state index in [1.165, 1.54) is 36.4 Å². The smallest absolute Gasteiger partial charge is 0.245 e. The van der Waals surface area contributed by atoms with E-state index in [-0.39, 0.29) is 44.4 Å². The van der Waals surface area contributed by atoms with Crippen LogP contribution in [0.25, 0.3) is 0 Å². The van der Waals surface area contributed by atoms with Crippen LogP contribution < -0.4 is 5.32 Å². The van der Waals surface area contributed by atoms with Crippen LogP contribution in [0.2, 0.25) is 0 Å². The first-order valence-corrected chi connectivity index (χ1v) is 24.2. The fraction of sp³-hybridized carbons (Fsp3) is 0.609. The minimum Gasteiger partial charge on any atom is -0.390 e. The van der Waals surface area contributed by atoms with Crippen LogP contribution >= 0.6 is 0 Å². The molecule has 4 aliphatic rings. The van der Waals surface area contributed by atoms with Crippen LogP contribution in [0.3, 0.4) is 0 Å². The highest BCUT2D eigenvalue weighted by Crippen LogP contribution is 2.30. The lowest BCUT2D eigenvalue weighted by Crippen LogP contribution is -2.55. The molecule has 0 aliphatic carbocycles. The predicted octanol–water partition coefficient (Wildman–Crippen LogP) is 1.32. The molecule has 24 heteroatoms. The van der Waals surface area contributed by atoms with Crippen LogP contribution in [-0.2, 0) is 23.1 Å². The number of alkyl halides is 6. The molecule has 7 rings (SSSR count). The zero-order valence-corrected chi connectivity index (χ0v) is 39.2. The summed E-state index contributed by atoms with van der Waals surface area (Å²) < 4.78 is 124. The molecule has 0 aromatic heterocycles. The highest BCUT2D eigenvalue weighted by molar-refractivity contribution is 7.88. The summed E-state index contributed by atoms with van der Waals surface area (Å²) in [6, 6.07) is 19.1. The molecule has 4 saturated heterocycles. The van der Waals surface area contributed by atoms with Gasteiger partial charge in [-0.15, -0.1) is 0 Å². The molecule has 396 valence electrons. The first-order chi connectivity index (χ1) is 32.8. The standard InChI is InChI=1S/C14H19F2NO2.C13H16F3NO2.C12H16FNO3.C7H13F2NO4S/c1-9-2-4-10(5-3-9)6-17-7-11(14(15)16)13(19)12(18)8-17;14-9-3-1-8(2-4-9)5-17-6-10(13(15)16)12(19)11(18)7-17;13-8-3-1-7(2-4-8)11(16)9-5-14-6-10(15)12(9)17;1-15(13,14)10-2-4(7(8)9)6(12)5(11)3-10/h2-5,11-14,18-19H,6-8H2,1H3;1-4,10-13,18-19H,5-7H2;1-4,9-12,14-17H,5-6H2;4-7,11-12H,2-3H2,1H3/t11-,12+,13+;10-,11+,12+;9?,10-,11?,12-;4-,5+,6+/m0010/s1. The summed E-state index contributed by atoms with van der Waals surface area (Å²) in [7, 11) is -3.62. The molecule has 70 heavy (non-hydrogen) atoms.